The molecule has 1 atom stereocenters. The van der Waals surface area contributed by atoms with Gasteiger partial charge in [-0.2, -0.15) is 0 Å². The summed E-state index contributed by atoms with van der Waals surface area (Å²) in [6.07, 6.45) is 4.76. The maximum Gasteiger partial charge on any atom is 0.262 e. The molecule has 1 saturated heterocycles. The zero-order valence-corrected chi connectivity index (χ0v) is 10.4. The van der Waals surface area contributed by atoms with Gasteiger partial charge in [0.05, 0.1) is 18.2 Å². The molecule has 2 aliphatic rings. The lowest BCUT2D eigenvalue weighted by Crippen LogP contribution is -2.39. The average Bonchev–Trinajstić information content (AvgIpc) is 2.46. The minimum absolute atomic E-state index is 0. The highest BCUT2D eigenvalue weighted by atomic mass is 35.5. The molecule has 96 valence electrons. The Kier molecular flexibility index (Phi) is 4.55. The summed E-state index contributed by atoms with van der Waals surface area (Å²) in [5.41, 5.74) is 0.000387. The Morgan fingerprint density at radius 3 is 2.50 bits per heavy atom. The summed E-state index contributed by atoms with van der Waals surface area (Å²) in [6, 6.07) is 0. The second kappa shape index (κ2) is 5.15. The normalized spacial score (nSPS) is 27.6. The molecule has 0 aromatic rings. The van der Waals surface area contributed by atoms with E-state index in [2.05, 4.69) is 5.32 Å². The van der Waals surface area contributed by atoms with Crippen molar-refractivity contribution in [1.82, 2.24) is 5.32 Å². The van der Waals surface area contributed by atoms with Gasteiger partial charge >= 0.3 is 0 Å². The molecule has 2 rings (SSSR count). The fourth-order valence-electron chi connectivity index (χ4n) is 2.64. The highest BCUT2D eigenvalue weighted by Crippen LogP contribution is 2.47. The van der Waals surface area contributed by atoms with Crippen molar-refractivity contribution in [2.45, 2.75) is 56.2 Å². The fraction of sp³-hybridized carbons (Fsp3) is 1.00. The predicted octanol–water partition coefficient (Wildman–Crippen LogP) is 2.75. The van der Waals surface area contributed by atoms with Crippen molar-refractivity contribution in [2.24, 2.45) is 0 Å². The van der Waals surface area contributed by atoms with Crippen LogP contribution in [-0.2, 0) is 4.74 Å². The Balaban J connectivity index is 0.00000128. The number of rotatable bonds is 4. The van der Waals surface area contributed by atoms with Gasteiger partial charge in [-0.05, 0) is 39.2 Å². The van der Waals surface area contributed by atoms with Gasteiger partial charge in [-0.15, -0.1) is 12.4 Å². The van der Waals surface area contributed by atoms with Crippen molar-refractivity contribution < 1.29 is 13.5 Å². The predicted molar refractivity (Wildman–Crippen MR) is 61.4 cm³/mol. The van der Waals surface area contributed by atoms with Crippen LogP contribution in [0.25, 0.3) is 0 Å². The van der Waals surface area contributed by atoms with E-state index >= 15 is 0 Å². The van der Waals surface area contributed by atoms with E-state index in [1.807, 2.05) is 0 Å². The second-order valence-electron chi connectivity index (χ2n) is 4.91. The lowest BCUT2D eigenvalue weighted by atomic mass is 9.78. The molecule has 1 heterocycles. The number of hydrogen-bond acceptors (Lipinski definition) is 2. The van der Waals surface area contributed by atoms with Gasteiger partial charge in [-0.3, -0.25) is 0 Å². The summed E-state index contributed by atoms with van der Waals surface area (Å²) < 4.78 is 32.4. The smallest absolute Gasteiger partial charge is 0.262 e. The number of nitrogens with one attached hydrogen (secondary N) is 1. The molecule has 1 aliphatic heterocycles. The Hall–Kier alpha value is 0.0700. The van der Waals surface area contributed by atoms with Gasteiger partial charge in [-0.1, -0.05) is 0 Å². The van der Waals surface area contributed by atoms with E-state index in [1.54, 1.807) is 7.05 Å². The van der Waals surface area contributed by atoms with Crippen molar-refractivity contribution in [3.05, 3.63) is 0 Å². The van der Waals surface area contributed by atoms with Crippen molar-refractivity contribution in [3.63, 3.8) is 0 Å². The summed E-state index contributed by atoms with van der Waals surface area (Å²) in [5, 5.41) is 2.53. The molecule has 1 aliphatic carbocycles. The zero-order valence-electron chi connectivity index (χ0n) is 9.60. The molecule has 0 aromatic carbocycles. The van der Waals surface area contributed by atoms with Crippen molar-refractivity contribution in [2.75, 3.05) is 13.6 Å². The molecule has 1 spiro atoms. The van der Waals surface area contributed by atoms with Crippen LogP contribution in [0.3, 0.4) is 0 Å². The van der Waals surface area contributed by atoms with E-state index in [1.165, 1.54) is 6.42 Å². The molecular formula is C11H20ClF2NO. The molecule has 2 nitrogen and oxygen atoms in total. The van der Waals surface area contributed by atoms with E-state index in [-0.39, 0.29) is 37.1 Å². The molecule has 0 amide bonds. The van der Waals surface area contributed by atoms with E-state index < -0.39 is 5.92 Å². The van der Waals surface area contributed by atoms with E-state index in [9.17, 15) is 8.78 Å². The van der Waals surface area contributed by atoms with Crippen LogP contribution in [0.4, 0.5) is 8.78 Å². The third-order valence-electron chi connectivity index (χ3n) is 3.57. The summed E-state index contributed by atoms with van der Waals surface area (Å²) in [4.78, 5) is 0. The van der Waals surface area contributed by atoms with Crippen LogP contribution in [0.1, 0.15) is 38.5 Å². The SMILES string of the molecule is CNCC(F)(F)CC1CCC2(CCC2)O1.Cl. The number of ether oxygens (including phenoxy) is 1. The molecule has 5 heteroatoms. The fourth-order valence-corrected chi connectivity index (χ4v) is 2.64. The van der Waals surface area contributed by atoms with Crippen LogP contribution in [0, 0.1) is 0 Å². The van der Waals surface area contributed by atoms with Gasteiger partial charge in [0.15, 0.2) is 0 Å². The molecule has 1 N–H and O–H groups in total. The number of halogens is 3. The van der Waals surface area contributed by atoms with E-state index in [4.69, 9.17) is 4.74 Å². The number of hydrogen-bond donors (Lipinski definition) is 1. The van der Waals surface area contributed by atoms with Gasteiger partial charge in [0.2, 0.25) is 0 Å². The van der Waals surface area contributed by atoms with Crippen LogP contribution in [-0.4, -0.2) is 31.2 Å². The zero-order chi connectivity index (χ0) is 10.9. The third-order valence-corrected chi connectivity index (χ3v) is 3.57. The van der Waals surface area contributed by atoms with Crippen LogP contribution >= 0.6 is 12.4 Å². The van der Waals surface area contributed by atoms with Crippen molar-refractivity contribution in [1.29, 1.82) is 0 Å². The van der Waals surface area contributed by atoms with Crippen molar-refractivity contribution >= 4 is 12.4 Å². The van der Waals surface area contributed by atoms with Crippen LogP contribution < -0.4 is 5.32 Å². The molecule has 2 fully saturated rings. The van der Waals surface area contributed by atoms with Crippen molar-refractivity contribution in [3.8, 4) is 0 Å². The largest absolute Gasteiger partial charge is 0.372 e. The summed E-state index contributed by atoms with van der Waals surface area (Å²) in [5.74, 6) is -2.63. The molecule has 16 heavy (non-hydrogen) atoms. The first kappa shape index (κ1) is 14.1. The van der Waals surface area contributed by atoms with Gasteiger partial charge in [0.1, 0.15) is 0 Å². The van der Waals surface area contributed by atoms with E-state index in [0.29, 0.717) is 0 Å². The summed E-state index contributed by atoms with van der Waals surface area (Å²) in [6.45, 7) is -0.250. The first-order chi connectivity index (χ1) is 7.05. The molecule has 0 radical (unpaired) electrons. The van der Waals surface area contributed by atoms with Gasteiger partial charge in [0.25, 0.3) is 5.92 Å². The standard InChI is InChI=1S/C11H19F2NO.ClH/c1-14-8-11(12,13)7-9-3-6-10(15-9)4-2-5-10;/h9,14H,2-8H2,1H3;1H. The summed E-state index contributed by atoms with van der Waals surface area (Å²) >= 11 is 0. The average molecular weight is 256 g/mol. The maximum atomic E-state index is 13.3. The summed E-state index contributed by atoms with van der Waals surface area (Å²) in [7, 11) is 1.55. The highest BCUT2D eigenvalue weighted by Gasteiger charge is 2.47. The number of alkyl halides is 2. The molecule has 1 unspecified atom stereocenters. The second-order valence-corrected chi connectivity index (χ2v) is 4.91. The Morgan fingerprint density at radius 1 is 1.38 bits per heavy atom. The highest BCUT2D eigenvalue weighted by molar-refractivity contribution is 5.85. The lowest BCUT2D eigenvalue weighted by Gasteiger charge is -2.38. The first-order valence-electron chi connectivity index (χ1n) is 5.76. The monoisotopic (exact) mass is 255 g/mol. The first-order valence-corrected chi connectivity index (χ1v) is 5.76. The Labute approximate surface area is 102 Å². The maximum absolute atomic E-state index is 13.3. The molecule has 0 aromatic heterocycles. The Morgan fingerprint density at radius 2 is 2.06 bits per heavy atom. The lowest BCUT2D eigenvalue weighted by molar-refractivity contribution is -0.121. The minimum Gasteiger partial charge on any atom is -0.372 e. The van der Waals surface area contributed by atoms with Crippen LogP contribution in [0.2, 0.25) is 0 Å². The molecule has 1 saturated carbocycles. The van der Waals surface area contributed by atoms with E-state index in [0.717, 1.165) is 25.7 Å². The molecular weight excluding hydrogens is 236 g/mol. The van der Waals surface area contributed by atoms with Gasteiger partial charge in [-0.25, -0.2) is 8.78 Å². The van der Waals surface area contributed by atoms with Gasteiger partial charge in [0, 0.05) is 6.42 Å². The van der Waals surface area contributed by atoms with Gasteiger partial charge < -0.3 is 10.1 Å². The topological polar surface area (TPSA) is 21.3 Å². The molecule has 0 bridgehead atoms. The minimum atomic E-state index is -2.63. The third kappa shape index (κ3) is 3.05. The van der Waals surface area contributed by atoms with Crippen LogP contribution in [0.15, 0.2) is 0 Å². The Bertz CT molecular complexity index is 234. The van der Waals surface area contributed by atoms with Crippen LogP contribution in [0.5, 0.6) is 0 Å². The quantitative estimate of drug-likeness (QED) is 0.834.